The summed E-state index contributed by atoms with van der Waals surface area (Å²) in [6, 6.07) is 5.05. The molecule has 134 valence electrons. The van der Waals surface area contributed by atoms with Crippen LogP contribution in [0.5, 0.6) is 0 Å². The second kappa shape index (κ2) is 7.23. The van der Waals surface area contributed by atoms with Crippen LogP contribution in [0.4, 0.5) is 0 Å². The van der Waals surface area contributed by atoms with Crippen LogP contribution in [0.3, 0.4) is 0 Å². The van der Waals surface area contributed by atoms with E-state index in [0.717, 1.165) is 38.5 Å². The highest BCUT2D eigenvalue weighted by molar-refractivity contribution is 5.10. The van der Waals surface area contributed by atoms with Crippen molar-refractivity contribution in [3.05, 3.63) is 48.3 Å². The topological polar surface area (TPSA) is 46.4 Å². The summed E-state index contributed by atoms with van der Waals surface area (Å²) in [7, 11) is 4.27. The number of hydrogen-bond acceptors (Lipinski definition) is 5. The second-order valence-electron chi connectivity index (χ2n) is 7.27. The molecule has 0 amide bonds. The largest absolute Gasteiger partial charge is 0.375 e. The number of imidazole rings is 1. The Morgan fingerprint density at radius 1 is 1.36 bits per heavy atom. The molecule has 0 radical (unpaired) electrons. The molecule has 2 aromatic rings. The lowest BCUT2D eigenvalue weighted by molar-refractivity contribution is -0.0388. The summed E-state index contributed by atoms with van der Waals surface area (Å²) in [5, 5.41) is 0. The Hall–Kier alpha value is -1.76. The van der Waals surface area contributed by atoms with E-state index >= 15 is 0 Å². The van der Waals surface area contributed by atoms with Crippen LogP contribution in [0.15, 0.2) is 36.9 Å². The zero-order valence-corrected chi connectivity index (χ0v) is 15.1. The third kappa shape index (κ3) is 3.47. The number of likely N-dealkylation sites (N-methyl/N-ethyl adjacent to an activating group) is 1. The minimum atomic E-state index is 0.288. The number of aryl methyl sites for hydroxylation is 1. The number of fused-ring (bicyclic) bond motifs is 1. The fourth-order valence-corrected chi connectivity index (χ4v) is 4.22. The quantitative estimate of drug-likeness (QED) is 0.828. The van der Waals surface area contributed by atoms with Crippen LogP contribution in [-0.4, -0.2) is 62.7 Å². The van der Waals surface area contributed by atoms with Crippen LogP contribution in [0.2, 0.25) is 0 Å². The third-order valence-electron chi connectivity index (χ3n) is 5.59. The average Bonchev–Trinajstić information content (AvgIpc) is 3.21. The van der Waals surface area contributed by atoms with Gasteiger partial charge in [0, 0.05) is 57.6 Å². The Bertz CT molecular complexity index is 688. The molecule has 2 aliphatic heterocycles. The minimum Gasteiger partial charge on any atom is -0.375 e. The number of rotatable bonds is 5. The van der Waals surface area contributed by atoms with Crippen molar-refractivity contribution in [2.45, 2.75) is 44.1 Å². The molecule has 0 bridgehead atoms. The Kier molecular flexibility index (Phi) is 4.83. The first-order valence-electron chi connectivity index (χ1n) is 9.13. The van der Waals surface area contributed by atoms with Crippen LogP contribution in [-0.2, 0) is 24.9 Å². The van der Waals surface area contributed by atoms with E-state index in [-0.39, 0.29) is 6.10 Å². The fourth-order valence-electron chi connectivity index (χ4n) is 4.22. The Morgan fingerprint density at radius 2 is 2.28 bits per heavy atom. The number of nitrogens with zero attached hydrogens (tertiary/aromatic N) is 5. The summed E-state index contributed by atoms with van der Waals surface area (Å²) in [5.74, 6) is 1.12. The molecule has 0 N–H and O–H groups in total. The molecule has 6 heteroatoms. The highest BCUT2D eigenvalue weighted by atomic mass is 16.5. The van der Waals surface area contributed by atoms with Gasteiger partial charge in [-0.3, -0.25) is 14.8 Å². The van der Waals surface area contributed by atoms with Crippen molar-refractivity contribution in [3.63, 3.8) is 0 Å². The highest BCUT2D eigenvalue weighted by Crippen LogP contribution is 2.32. The summed E-state index contributed by atoms with van der Waals surface area (Å²) in [6.45, 7) is 3.71. The molecular formula is C19H27N5O. The fraction of sp³-hybridized carbons (Fsp3) is 0.579. The molecule has 2 saturated heterocycles. The van der Waals surface area contributed by atoms with Crippen molar-refractivity contribution in [1.82, 2.24) is 24.3 Å². The molecular weight excluding hydrogens is 314 g/mol. The number of likely N-dealkylation sites (tertiary alicyclic amines) is 1. The van der Waals surface area contributed by atoms with Crippen LogP contribution in [0.25, 0.3) is 0 Å². The Balaban J connectivity index is 1.49. The van der Waals surface area contributed by atoms with Crippen molar-refractivity contribution < 1.29 is 4.74 Å². The predicted molar refractivity (Wildman–Crippen MR) is 95.9 cm³/mol. The van der Waals surface area contributed by atoms with Crippen molar-refractivity contribution >= 4 is 0 Å². The van der Waals surface area contributed by atoms with E-state index < -0.39 is 0 Å². The smallest absolute Gasteiger partial charge is 0.122 e. The number of hydrogen-bond donors (Lipinski definition) is 0. The molecule has 25 heavy (non-hydrogen) atoms. The van der Waals surface area contributed by atoms with Gasteiger partial charge in [0.2, 0.25) is 0 Å². The molecule has 0 spiro atoms. The molecule has 2 fully saturated rings. The van der Waals surface area contributed by atoms with Gasteiger partial charge in [-0.1, -0.05) is 6.07 Å². The van der Waals surface area contributed by atoms with Gasteiger partial charge in [0.1, 0.15) is 5.82 Å². The van der Waals surface area contributed by atoms with Crippen molar-refractivity contribution in [3.8, 4) is 0 Å². The van der Waals surface area contributed by atoms with Gasteiger partial charge in [-0.05, 0) is 31.5 Å². The molecule has 2 aliphatic rings. The van der Waals surface area contributed by atoms with E-state index in [1.165, 1.54) is 12.0 Å². The van der Waals surface area contributed by atoms with E-state index in [4.69, 9.17) is 4.74 Å². The Labute approximate surface area is 149 Å². The van der Waals surface area contributed by atoms with Gasteiger partial charge in [-0.15, -0.1) is 0 Å². The zero-order chi connectivity index (χ0) is 17.2. The maximum absolute atomic E-state index is 6.23. The number of pyridine rings is 1. The van der Waals surface area contributed by atoms with Gasteiger partial charge in [-0.25, -0.2) is 4.98 Å². The van der Waals surface area contributed by atoms with Crippen molar-refractivity contribution in [1.29, 1.82) is 0 Å². The Morgan fingerprint density at radius 3 is 3.04 bits per heavy atom. The first-order chi connectivity index (χ1) is 12.2. The van der Waals surface area contributed by atoms with E-state index in [0.29, 0.717) is 12.1 Å². The molecule has 0 unspecified atom stereocenters. The van der Waals surface area contributed by atoms with Gasteiger partial charge < -0.3 is 9.30 Å². The number of aromatic nitrogens is 3. The van der Waals surface area contributed by atoms with E-state index in [1.807, 2.05) is 30.9 Å². The molecule has 3 atom stereocenters. The molecule has 4 heterocycles. The van der Waals surface area contributed by atoms with E-state index in [2.05, 4.69) is 44.5 Å². The highest BCUT2D eigenvalue weighted by Gasteiger charge is 2.45. The molecule has 0 aromatic carbocycles. The van der Waals surface area contributed by atoms with Gasteiger partial charge in [0.15, 0.2) is 0 Å². The summed E-state index contributed by atoms with van der Waals surface area (Å²) in [6.07, 6.45) is 10.3. The maximum atomic E-state index is 6.23. The standard InChI is InChI=1S/C19H27N5O/c1-22-9-8-21-18(22)14-24-13-17(19-16(24)6-4-10-25-19)23(2)12-15-5-3-7-20-11-15/h3,5,7-9,11,16-17,19H,4,6,10,12-14H2,1-2H3/t16-,17-,19+/m1/s1. The van der Waals surface area contributed by atoms with E-state index in [9.17, 15) is 0 Å². The normalized spacial score (nSPS) is 26.9. The lowest BCUT2D eigenvalue weighted by atomic mass is 10.00. The predicted octanol–water partition coefficient (Wildman–Crippen LogP) is 1.68. The van der Waals surface area contributed by atoms with Gasteiger partial charge in [0.25, 0.3) is 0 Å². The van der Waals surface area contributed by atoms with Gasteiger partial charge in [0.05, 0.1) is 18.7 Å². The summed E-state index contributed by atoms with van der Waals surface area (Å²) in [5.41, 5.74) is 1.25. The lowest BCUT2D eigenvalue weighted by Gasteiger charge is -2.34. The van der Waals surface area contributed by atoms with Gasteiger partial charge >= 0.3 is 0 Å². The van der Waals surface area contributed by atoms with Crippen molar-refractivity contribution in [2.75, 3.05) is 20.2 Å². The molecule has 0 aliphatic carbocycles. The van der Waals surface area contributed by atoms with Crippen LogP contribution in [0, 0.1) is 0 Å². The van der Waals surface area contributed by atoms with Crippen molar-refractivity contribution in [2.24, 2.45) is 7.05 Å². The monoisotopic (exact) mass is 341 g/mol. The SMILES string of the molecule is CN(Cc1cccnc1)[C@@H]1CN(Cc2nccn2C)[C@@H]2CCCO[C@H]12. The minimum absolute atomic E-state index is 0.288. The van der Waals surface area contributed by atoms with E-state index in [1.54, 1.807) is 0 Å². The maximum Gasteiger partial charge on any atom is 0.122 e. The molecule has 2 aromatic heterocycles. The number of ether oxygens (including phenoxy) is 1. The average molecular weight is 341 g/mol. The molecule has 0 saturated carbocycles. The third-order valence-corrected chi connectivity index (χ3v) is 5.59. The summed E-state index contributed by atoms with van der Waals surface area (Å²) < 4.78 is 8.34. The van der Waals surface area contributed by atoms with Crippen LogP contribution >= 0.6 is 0 Å². The van der Waals surface area contributed by atoms with Gasteiger partial charge in [-0.2, -0.15) is 0 Å². The lowest BCUT2D eigenvalue weighted by Crippen LogP contribution is -2.46. The first-order valence-corrected chi connectivity index (χ1v) is 9.13. The van der Waals surface area contributed by atoms with Crippen LogP contribution in [0.1, 0.15) is 24.2 Å². The molecule has 6 nitrogen and oxygen atoms in total. The molecule has 4 rings (SSSR count). The van der Waals surface area contributed by atoms with Crippen LogP contribution < -0.4 is 0 Å². The zero-order valence-electron chi connectivity index (χ0n) is 15.1. The summed E-state index contributed by atoms with van der Waals surface area (Å²) >= 11 is 0. The first kappa shape index (κ1) is 16.7. The second-order valence-corrected chi connectivity index (χ2v) is 7.27. The summed E-state index contributed by atoms with van der Waals surface area (Å²) in [4.78, 5) is 13.7.